The van der Waals surface area contributed by atoms with Gasteiger partial charge in [0.05, 0.1) is 0 Å². The van der Waals surface area contributed by atoms with Gasteiger partial charge in [-0.2, -0.15) is 0 Å². The Hall–Kier alpha value is -1.00. The lowest BCUT2D eigenvalue weighted by Crippen LogP contribution is -2.16. The number of fused-ring (bicyclic) bond motifs is 1. The first kappa shape index (κ1) is 5.76. The molecular weight excluding hydrogens is 148 g/mol. The molecule has 0 aromatic carbocycles. The van der Waals surface area contributed by atoms with Crippen molar-refractivity contribution < 1.29 is 4.55 Å². The summed E-state index contributed by atoms with van der Waals surface area (Å²) in [5.41, 5.74) is 6.58. The lowest BCUT2D eigenvalue weighted by molar-refractivity contribution is 0.598. The third-order valence-electron chi connectivity index (χ3n) is 1.37. The number of thiophene rings is 1. The average molecular weight is 154 g/mol. The summed E-state index contributed by atoms with van der Waals surface area (Å²) in [7, 11) is -0.930. The van der Waals surface area contributed by atoms with Crippen molar-refractivity contribution in [3.63, 3.8) is 0 Å². The summed E-state index contributed by atoms with van der Waals surface area (Å²) in [6, 6.07) is 1.81. The van der Waals surface area contributed by atoms with Crippen molar-refractivity contribution in [2.75, 3.05) is 5.43 Å². The maximum Gasteiger partial charge on any atom is 0.198 e. The van der Waals surface area contributed by atoms with Crippen molar-refractivity contribution in [3.05, 3.63) is 22.5 Å². The number of hydrazine groups is 1. The first-order chi connectivity index (χ1) is 4.88. The maximum absolute atomic E-state index is 11.1. The summed E-state index contributed by atoms with van der Waals surface area (Å²) >= 11 is 0. The van der Waals surface area contributed by atoms with Crippen LogP contribution in [0.15, 0.2) is 17.6 Å². The Bertz CT molecular complexity index is 279. The first-order valence-electron chi connectivity index (χ1n) is 2.89. The van der Waals surface area contributed by atoms with Crippen LogP contribution in [-0.2, 0) is 0 Å². The molecule has 0 aliphatic carbocycles. The standard InChI is InChI=1S/C6H6N2OS/c9-10-4-2-5-6(10)1-3-7-8-5/h1-4,7-8H. The van der Waals surface area contributed by atoms with Crippen LogP contribution >= 0.6 is 10.8 Å². The van der Waals surface area contributed by atoms with Gasteiger partial charge in [0.2, 0.25) is 0 Å². The van der Waals surface area contributed by atoms with E-state index in [1.165, 1.54) is 0 Å². The van der Waals surface area contributed by atoms with E-state index < -0.39 is 10.8 Å². The maximum atomic E-state index is 11.1. The molecule has 52 valence electrons. The molecule has 0 saturated carbocycles. The van der Waals surface area contributed by atoms with Crippen LogP contribution in [0.3, 0.4) is 0 Å². The molecule has 3 nitrogen and oxygen atoms in total. The van der Waals surface area contributed by atoms with E-state index in [1.807, 2.05) is 12.1 Å². The van der Waals surface area contributed by atoms with Crippen molar-refractivity contribution in [2.45, 2.75) is 0 Å². The van der Waals surface area contributed by atoms with Gasteiger partial charge in [0.25, 0.3) is 0 Å². The predicted octanol–water partition coefficient (Wildman–Crippen LogP) is 1.31. The molecule has 0 fully saturated rings. The van der Waals surface area contributed by atoms with Gasteiger partial charge in [0.15, 0.2) is 4.88 Å². The van der Waals surface area contributed by atoms with Gasteiger partial charge in [-0.1, -0.05) is 0 Å². The second-order valence-corrected chi connectivity index (χ2v) is 3.29. The minimum atomic E-state index is -0.930. The molecule has 4 heteroatoms. The summed E-state index contributed by atoms with van der Waals surface area (Å²) < 4.78 is 11.1. The van der Waals surface area contributed by atoms with E-state index in [9.17, 15) is 4.55 Å². The molecule has 0 amide bonds. The predicted molar refractivity (Wildman–Crippen MR) is 40.9 cm³/mol. The second kappa shape index (κ2) is 2.00. The number of hydrogen-bond acceptors (Lipinski definition) is 3. The number of anilines is 1. The fraction of sp³-hybridized carbons (Fsp3) is 0. The zero-order valence-corrected chi connectivity index (χ0v) is 5.94. The van der Waals surface area contributed by atoms with Crippen molar-refractivity contribution in [1.29, 1.82) is 0 Å². The molecule has 2 heterocycles. The third kappa shape index (κ3) is 0.698. The van der Waals surface area contributed by atoms with Crippen LogP contribution in [0.5, 0.6) is 0 Å². The normalized spacial score (nSPS) is 15.5. The summed E-state index contributed by atoms with van der Waals surface area (Å²) in [5.74, 6) is 0. The number of rotatable bonds is 0. The van der Waals surface area contributed by atoms with Crippen LogP contribution < -0.4 is 10.9 Å². The quantitative estimate of drug-likeness (QED) is 0.554. The average Bonchev–Trinajstić information content (AvgIpc) is 2.34. The van der Waals surface area contributed by atoms with Crippen LogP contribution in [0.4, 0.5) is 5.69 Å². The molecule has 1 aromatic rings. The fourth-order valence-electron chi connectivity index (χ4n) is 0.891. The Morgan fingerprint density at radius 2 is 2.40 bits per heavy atom. The summed E-state index contributed by atoms with van der Waals surface area (Å²) in [6.07, 6.45) is 3.53. The third-order valence-corrected chi connectivity index (χ3v) is 2.54. The highest BCUT2D eigenvalue weighted by molar-refractivity contribution is 7.24. The zero-order chi connectivity index (χ0) is 6.97. The van der Waals surface area contributed by atoms with E-state index >= 15 is 0 Å². The Morgan fingerprint density at radius 3 is 3.20 bits per heavy atom. The van der Waals surface area contributed by atoms with E-state index in [0.717, 1.165) is 10.6 Å². The lowest BCUT2D eigenvalue weighted by Gasteiger charge is -2.07. The van der Waals surface area contributed by atoms with Gasteiger partial charge in [-0.3, -0.25) is 5.43 Å². The lowest BCUT2D eigenvalue weighted by atomic mass is 10.4. The highest BCUT2D eigenvalue weighted by atomic mass is 32.2. The Labute approximate surface area is 61.1 Å². The van der Waals surface area contributed by atoms with Crippen molar-refractivity contribution in [1.82, 2.24) is 5.43 Å². The van der Waals surface area contributed by atoms with Crippen LogP contribution in [0.25, 0.3) is 6.08 Å². The summed E-state index contributed by atoms with van der Waals surface area (Å²) in [4.78, 5) is 0.846. The molecular formula is C6H6N2OS. The van der Waals surface area contributed by atoms with E-state index in [0.29, 0.717) is 0 Å². The minimum absolute atomic E-state index is 0.846. The van der Waals surface area contributed by atoms with E-state index in [1.54, 1.807) is 11.6 Å². The molecule has 0 bridgehead atoms. The van der Waals surface area contributed by atoms with Gasteiger partial charge in [0.1, 0.15) is 11.1 Å². The molecule has 0 saturated heterocycles. The molecule has 1 unspecified atom stereocenters. The fourth-order valence-corrected chi connectivity index (χ4v) is 1.83. The highest BCUT2D eigenvalue weighted by Gasteiger charge is 2.12. The Morgan fingerprint density at radius 1 is 1.50 bits per heavy atom. The highest BCUT2D eigenvalue weighted by Crippen LogP contribution is 2.31. The summed E-state index contributed by atoms with van der Waals surface area (Å²) in [5, 5.41) is 1.66. The molecule has 10 heavy (non-hydrogen) atoms. The molecule has 1 aromatic heterocycles. The van der Waals surface area contributed by atoms with Crippen LogP contribution in [0, 0.1) is 0 Å². The summed E-state index contributed by atoms with van der Waals surface area (Å²) in [6.45, 7) is 0. The van der Waals surface area contributed by atoms with Gasteiger partial charge in [-0.15, -0.1) is 0 Å². The van der Waals surface area contributed by atoms with Crippen LogP contribution in [-0.4, -0.2) is 4.55 Å². The molecule has 0 radical (unpaired) electrons. The van der Waals surface area contributed by atoms with E-state index in [-0.39, 0.29) is 0 Å². The smallest absolute Gasteiger partial charge is 0.198 e. The molecule has 1 aliphatic heterocycles. The molecule has 1 atom stereocenters. The SMILES string of the molecule is [O-][s+]1ccc2c1C=CNN2. The number of nitrogens with one attached hydrogen (secondary N) is 2. The van der Waals surface area contributed by atoms with Gasteiger partial charge in [-0.25, -0.2) is 0 Å². The Kier molecular flexibility index (Phi) is 1.15. The van der Waals surface area contributed by atoms with E-state index in [2.05, 4.69) is 10.9 Å². The zero-order valence-electron chi connectivity index (χ0n) is 5.13. The first-order valence-corrected chi connectivity index (χ1v) is 4.10. The van der Waals surface area contributed by atoms with Crippen molar-refractivity contribution >= 4 is 22.5 Å². The van der Waals surface area contributed by atoms with Crippen molar-refractivity contribution in [2.24, 2.45) is 0 Å². The van der Waals surface area contributed by atoms with Gasteiger partial charge in [-0.05, 0) is 10.8 Å². The molecule has 1 aliphatic rings. The number of hydrogen-bond donors (Lipinski definition) is 2. The van der Waals surface area contributed by atoms with Crippen LogP contribution in [0.1, 0.15) is 4.88 Å². The van der Waals surface area contributed by atoms with Gasteiger partial charge >= 0.3 is 0 Å². The molecule has 2 N–H and O–H groups in total. The monoisotopic (exact) mass is 154 g/mol. The second-order valence-electron chi connectivity index (χ2n) is 1.98. The van der Waals surface area contributed by atoms with Gasteiger partial charge in [0, 0.05) is 18.3 Å². The molecule has 0 spiro atoms. The van der Waals surface area contributed by atoms with Crippen molar-refractivity contribution in [3.8, 4) is 0 Å². The molecule has 2 rings (SSSR count). The van der Waals surface area contributed by atoms with E-state index in [4.69, 9.17) is 0 Å². The Balaban J connectivity index is 2.57. The largest absolute Gasteiger partial charge is 0.590 e. The van der Waals surface area contributed by atoms with Gasteiger partial charge < -0.3 is 9.98 Å². The minimum Gasteiger partial charge on any atom is -0.590 e. The topological polar surface area (TPSA) is 47.1 Å². The van der Waals surface area contributed by atoms with Crippen LogP contribution in [0.2, 0.25) is 0 Å².